The van der Waals surface area contributed by atoms with Gasteiger partial charge in [-0.2, -0.15) is 0 Å². The van der Waals surface area contributed by atoms with Crippen LogP contribution in [0, 0.1) is 5.92 Å². The number of hydrogen-bond donors (Lipinski definition) is 2. The Labute approximate surface area is 124 Å². The molecule has 1 heterocycles. The van der Waals surface area contributed by atoms with Crippen molar-refractivity contribution in [2.75, 3.05) is 5.75 Å². The van der Waals surface area contributed by atoms with E-state index in [1.54, 1.807) is 12.1 Å². The van der Waals surface area contributed by atoms with E-state index in [-0.39, 0.29) is 29.7 Å². The largest absolute Gasteiger partial charge is 0.369 e. The minimum absolute atomic E-state index is 0.0253. The molecule has 3 N–H and O–H groups in total. The summed E-state index contributed by atoms with van der Waals surface area (Å²) in [5, 5.41) is 3.46. The monoisotopic (exact) mass is 308 g/mol. The van der Waals surface area contributed by atoms with Crippen LogP contribution >= 0.6 is 0 Å². The molecule has 0 saturated heterocycles. The number of fused-ring (bicyclic) bond motifs is 1. The van der Waals surface area contributed by atoms with Crippen molar-refractivity contribution < 1.29 is 13.2 Å². The van der Waals surface area contributed by atoms with Gasteiger partial charge in [-0.1, -0.05) is 18.2 Å². The molecular weight excluding hydrogens is 288 g/mol. The Morgan fingerprint density at radius 2 is 1.81 bits per heavy atom. The highest BCUT2D eigenvalue weighted by molar-refractivity contribution is 7.91. The summed E-state index contributed by atoms with van der Waals surface area (Å²) in [6.45, 7) is 0. The smallest absolute Gasteiger partial charge is 0.220 e. The molecule has 2 aliphatic rings. The van der Waals surface area contributed by atoms with Crippen LogP contribution in [-0.2, 0) is 14.6 Å². The average Bonchev–Trinajstić information content (AvgIpc) is 2.71. The number of nitrogens with two attached hydrogens (primary N) is 1. The van der Waals surface area contributed by atoms with E-state index in [0.717, 1.165) is 31.2 Å². The molecule has 0 bridgehead atoms. The first-order chi connectivity index (χ1) is 9.97. The molecule has 1 aromatic rings. The van der Waals surface area contributed by atoms with Gasteiger partial charge in [0.25, 0.3) is 0 Å². The van der Waals surface area contributed by atoms with E-state index < -0.39 is 9.84 Å². The Bertz CT molecular complexity index is 649. The Balaban J connectivity index is 1.69. The van der Waals surface area contributed by atoms with Crippen molar-refractivity contribution in [3.05, 3.63) is 29.8 Å². The molecule has 1 amide bonds. The number of carbonyl (C=O) groups excluding carboxylic acids is 1. The van der Waals surface area contributed by atoms with Crippen molar-refractivity contribution in [1.29, 1.82) is 0 Å². The van der Waals surface area contributed by atoms with Crippen LogP contribution in [0.3, 0.4) is 0 Å². The summed E-state index contributed by atoms with van der Waals surface area (Å²) in [4.78, 5) is 11.6. The van der Waals surface area contributed by atoms with Gasteiger partial charge < -0.3 is 11.1 Å². The number of amides is 1. The lowest BCUT2D eigenvalue weighted by Crippen LogP contribution is -2.39. The van der Waals surface area contributed by atoms with Gasteiger partial charge in [-0.25, -0.2) is 8.42 Å². The predicted octanol–water partition coefficient (Wildman–Crippen LogP) is 1.15. The predicted molar refractivity (Wildman–Crippen MR) is 79.3 cm³/mol. The first-order valence-electron chi connectivity index (χ1n) is 7.34. The van der Waals surface area contributed by atoms with Crippen molar-refractivity contribution in [3.63, 3.8) is 0 Å². The number of primary amides is 1. The zero-order valence-corrected chi connectivity index (χ0v) is 12.6. The van der Waals surface area contributed by atoms with E-state index in [0.29, 0.717) is 4.90 Å². The van der Waals surface area contributed by atoms with Crippen LogP contribution in [0.2, 0.25) is 0 Å². The number of nitrogens with one attached hydrogen (secondary N) is 1. The second-order valence-corrected chi connectivity index (χ2v) is 7.99. The highest BCUT2D eigenvalue weighted by atomic mass is 32.2. The van der Waals surface area contributed by atoms with Gasteiger partial charge in [0.15, 0.2) is 9.84 Å². The summed E-state index contributed by atoms with van der Waals surface area (Å²) in [6.07, 6.45) is 3.31. The lowest BCUT2D eigenvalue weighted by atomic mass is 9.85. The van der Waals surface area contributed by atoms with Gasteiger partial charge in [0.2, 0.25) is 5.91 Å². The molecular formula is C15H20N2O3S. The molecule has 0 radical (unpaired) electrons. The standard InChI is InChI=1S/C15H20N2O3S/c16-15(18)10-5-7-11(8-6-10)17-13-9-21(19,20)14-4-2-1-3-12(13)14/h1-4,10-11,13,17H,5-9H2,(H2,16,18). The highest BCUT2D eigenvalue weighted by Gasteiger charge is 2.36. The summed E-state index contributed by atoms with van der Waals surface area (Å²) in [7, 11) is -3.17. The Morgan fingerprint density at radius 1 is 1.14 bits per heavy atom. The average molecular weight is 308 g/mol. The number of sulfone groups is 1. The summed E-state index contributed by atoms with van der Waals surface area (Å²) >= 11 is 0. The SMILES string of the molecule is NC(=O)C1CCC(NC2CS(=O)(=O)c3ccccc32)CC1. The molecule has 1 aliphatic heterocycles. The van der Waals surface area contributed by atoms with Crippen molar-refractivity contribution >= 4 is 15.7 Å². The van der Waals surface area contributed by atoms with Crippen molar-refractivity contribution in [2.24, 2.45) is 11.7 Å². The van der Waals surface area contributed by atoms with Crippen molar-refractivity contribution in [1.82, 2.24) is 5.32 Å². The van der Waals surface area contributed by atoms with Crippen molar-refractivity contribution in [3.8, 4) is 0 Å². The van der Waals surface area contributed by atoms with Crippen molar-refractivity contribution in [2.45, 2.75) is 42.7 Å². The zero-order chi connectivity index (χ0) is 15.0. The quantitative estimate of drug-likeness (QED) is 0.876. The molecule has 5 nitrogen and oxygen atoms in total. The number of hydrogen-bond acceptors (Lipinski definition) is 4. The minimum atomic E-state index is -3.17. The number of benzene rings is 1. The van der Waals surface area contributed by atoms with Gasteiger partial charge >= 0.3 is 0 Å². The summed E-state index contributed by atoms with van der Waals surface area (Å²) in [5.74, 6) is -0.118. The van der Waals surface area contributed by atoms with E-state index in [1.807, 2.05) is 12.1 Å². The Hall–Kier alpha value is -1.40. The van der Waals surface area contributed by atoms with E-state index in [4.69, 9.17) is 5.73 Å². The van der Waals surface area contributed by atoms with Gasteiger partial charge in [0, 0.05) is 18.0 Å². The molecule has 1 aromatic carbocycles. The van der Waals surface area contributed by atoms with Gasteiger partial charge in [-0.15, -0.1) is 0 Å². The van der Waals surface area contributed by atoms with E-state index >= 15 is 0 Å². The molecule has 3 rings (SSSR count). The molecule has 1 atom stereocenters. The third-order valence-electron chi connectivity index (χ3n) is 4.58. The fourth-order valence-corrected chi connectivity index (χ4v) is 5.17. The summed E-state index contributed by atoms with van der Waals surface area (Å²) in [6, 6.07) is 7.31. The summed E-state index contributed by atoms with van der Waals surface area (Å²) < 4.78 is 24.3. The molecule has 114 valence electrons. The second kappa shape index (κ2) is 5.42. The topological polar surface area (TPSA) is 89.3 Å². The first kappa shape index (κ1) is 14.5. The van der Waals surface area contributed by atoms with Gasteiger partial charge in [0.1, 0.15) is 0 Å². The fraction of sp³-hybridized carbons (Fsp3) is 0.533. The van der Waals surface area contributed by atoms with E-state index in [2.05, 4.69) is 5.32 Å². The molecule has 0 spiro atoms. The van der Waals surface area contributed by atoms with E-state index in [9.17, 15) is 13.2 Å². The maximum atomic E-state index is 12.1. The van der Waals surface area contributed by atoms with Crippen LogP contribution in [0.5, 0.6) is 0 Å². The van der Waals surface area contributed by atoms with Crippen LogP contribution in [0.25, 0.3) is 0 Å². The first-order valence-corrected chi connectivity index (χ1v) is 8.99. The van der Waals surface area contributed by atoms with Gasteiger partial charge in [0.05, 0.1) is 10.6 Å². The van der Waals surface area contributed by atoms with Crippen LogP contribution < -0.4 is 11.1 Å². The third kappa shape index (κ3) is 2.82. The van der Waals surface area contributed by atoms with Crippen LogP contribution in [-0.4, -0.2) is 26.1 Å². The lowest BCUT2D eigenvalue weighted by Gasteiger charge is -2.29. The highest BCUT2D eigenvalue weighted by Crippen LogP contribution is 2.34. The van der Waals surface area contributed by atoms with E-state index in [1.165, 1.54) is 0 Å². The molecule has 1 unspecified atom stereocenters. The summed E-state index contributed by atoms with van der Waals surface area (Å²) in [5.41, 5.74) is 6.21. The van der Waals surface area contributed by atoms with Crippen LogP contribution in [0.15, 0.2) is 29.2 Å². The third-order valence-corrected chi connectivity index (χ3v) is 6.40. The molecule has 0 aromatic heterocycles. The fourth-order valence-electron chi connectivity index (χ4n) is 3.42. The molecule has 1 fully saturated rings. The zero-order valence-electron chi connectivity index (χ0n) is 11.8. The normalized spacial score (nSPS) is 30.8. The second-order valence-electron chi connectivity index (χ2n) is 5.99. The molecule has 21 heavy (non-hydrogen) atoms. The van der Waals surface area contributed by atoms with Gasteiger partial charge in [-0.3, -0.25) is 4.79 Å². The van der Waals surface area contributed by atoms with Crippen LogP contribution in [0.1, 0.15) is 37.3 Å². The Morgan fingerprint density at radius 3 is 2.48 bits per heavy atom. The van der Waals surface area contributed by atoms with Gasteiger partial charge in [-0.05, 0) is 37.3 Å². The molecule has 6 heteroatoms. The Kier molecular flexibility index (Phi) is 3.75. The minimum Gasteiger partial charge on any atom is -0.369 e. The maximum Gasteiger partial charge on any atom is 0.220 e. The lowest BCUT2D eigenvalue weighted by molar-refractivity contribution is -0.122. The number of rotatable bonds is 3. The maximum absolute atomic E-state index is 12.1. The number of carbonyl (C=O) groups is 1. The molecule has 1 saturated carbocycles. The van der Waals surface area contributed by atoms with Crippen LogP contribution in [0.4, 0.5) is 0 Å². The molecule has 1 aliphatic carbocycles.